The molecule has 23 heavy (non-hydrogen) atoms. The molecule has 0 fully saturated rings. The van der Waals surface area contributed by atoms with Gasteiger partial charge in [-0.05, 0) is 30.9 Å². The average molecular weight is 325 g/mol. The van der Waals surface area contributed by atoms with Crippen molar-refractivity contribution in [2.75, 3.05) is 0 Å². The van der Waals surface area contributed by atoms with E-state index in [1.807, 2.05) is 37.3 Å². The molecule has 0 aliphatic heterocycles. The van der Waals surface area contributed by atoms with Crippen molar-refractivity contribution in [3.8, 4) is 17.5 Å². The third-order valence-corrected chi connectivity index (χ3v) is 4.41. The number of halogens is 1. The van der Waals surface area contributed by atoms with Crippen LogP contribution in [-0.4, -0.2) is 14.6 Å². The fourth-order valence-corrected chi connectivity index (χ4v) is 3.05. The molecular formula is C18H17ClN4. The van der Waals surface area contributed by atoms with Gasteiger partial charge in [0.1, 0.15) is 16.8 Å². The van der Waals surface area contributed by atoms with Gasteiger partial charge in [0.15, 0.2) is 11.5 Å². The molecule has 0 spiro atoms. The van der Waals surface area contributed by atoms with Gasteiger partial charge in [-0.3, -0.25) is 0 Å². The van der Waals surface area contributed by atoms with E-state index < -0.39 is 0 Å². The first-order valence-electron chi connectivity index (χ1n) is 7.70. The van der Waals surface area contributed by atoms with Crippen molar-refractivity contribution in [3.63, 3.8) is 0 Å². The maximum Gasteiger partial charge on any atom is 0.182 e. The van der Waals surface area contributed by atoms with E-state index in [1.165, 1.54) is 0 Å². The smallest absolute Gasteiger partial charge is 0.182 e. The van der Waals surface area contributed by atoms with Gasteiger partial charge in [0, 0.05) is 5.56 Å². The molecule has 0 bridgehead atoms. The lowest BCUT2D eigenvalue weighted by atomic mass is 10.0. The zero-order chi connectivity index (χ0) is 16.4. The van der Waals surface area contributed by atoms with Crippen LogP contribution in [0.1, 0.15) is 36.5 Å². The van der Waals surface area contributed by atoms with Crippen molar-refractivity contribution in [3.05, 3.63) is 52.2 Å². The molecule has 0 N–H and O–H groups in total. The fraction of sp³-hybridized carbons (Fsp3) is 0.278. The van der Waals surface area contributed by atoms with Gasteiger partial charge in [0.2, 0.25) is 0 Å². The number of aromatic nitrogens is 3. The zero-order valence-corrected chi connectivity index (χ0v) is 13.9. The third-order valence-electron chi connectivity index (χ3n) is 4.02. The summed E-state index contributed by atoms with van der Waals surface area (Å²) in [4.78, 5) is 4.54. The number of rotatable bonds is 4. The number of hydrogen-bond acceptors (Lipinski definition) is 3. The highest BCUT2D eigenvalue weighted by Gasteiger charge is 2.19. The lowest BCUT2D eigenvalue weighted by Crippen LogP contribution is -2.03. The predicted octanol–water partition coefficient (Wildman–Crippen LogP) is 4.57. The molecule has 3 rings (SSSR count). The molecule has 0 aliphatic carbocycles. The quantitative estimate of drug-likeness (QED) is 0.660. The molecule has 0 atom stereocenters. The van der Waals surface area contributed by atoms with Crippen LogP contribution in [0, 0.1) is 18.3 Å². The van der Waals surface area contributed by atoms with E-state index in [0.717, 1.165) is 36.0 Å². The van der Waals surface area contributed by atoms with E-state index in [2.05, 4.69) is 23.1 Å². The minimum absolute atomic E-state index is 0.522. The highest BCUT2D eigenvalue weighted by atomic mass is 35.5. The van der Waals surface area contributed by atoms with Gasteiger partial charge in [0.05, 0.1) is 0 Å². The molecule has 0 radical (unpaired) electrons. The van der Waals surface area contributed by atoms with Crippen molar-refractivity contribution in [2.24, 2.45) is 0 Å². The number of hydrogen-bond donors (Lipinski definition) is 0. The molecule has 2 aromatic heterocycles. The summed E-state index contributed by atoms with van der Waals surface area (Å²) in [6.45, 7) is 4.07. The van der Waals surface area contributed by atoms with Gasteiger partial charge >= 0.3 is 0 Å². The standard InChI is InChI=1S/C18H17ClN4/c1-3-4-10-14-12(2)15(11-20)18-21-17(22-23(18)16(14)19)13-8-6-5-7-9-13/h5-9H,3-4,10H2,1-2H3. The fourth-order valence-electron chi connectivity index (χ4n) is 2.70. The molecule has 0 aliphatic rings. The van der Waals surface area contributed by atoms with Crippen LogP contribution < -0.4 is 0 Å². The molecule has 0 unspecified atom stereocenters. The van der Waals surface area contributed by atoms with Crippen molar-refractivity contribution in [1.29, 1.82) is 5.26 Å². The summed E-state index contributed by atoms with van der Waals surface area (Å²) in [7, 11) is 0. The normalized spacial score (nSPS) is 10.9. The Bertz CT molecular complexity index is 891. The highest BCUT2D eigenvalue weighted by Crippen LogP contribution is 2.29. The minimum atomic E-state index is 0.522. The molecule has 5 heteroatoms. The Hall–Kier alpha value is -2.38. The topological polar surface area (TPSA) is 54.0 Å². The lowest BCUT2D eigenvalue weighted by molar-refractivity contribution is 0.781. The molecule has 4 nitrogen and oxygen atoms in total. The molecular weight excluding hydrogens is 308 g/mol. The number of unbranched alkanes of at least 4 members (excludes halogenated alkanes) is 1. The molecule has 2 heterocycles. The highest BCUT2D eigenvalue weighted by molar-refractivity contribution is 6.30. The molecule has 0 saturated heterocycles. The number of fused-ring (bicyclic) bond motifs is 1. The van der Waals surface area contributed by atoms with Gasteiger partial charge < -0.3 is 0 Å². The Labute approximate surface area is 140 Å². The first-order chi connectivity index (χ1) is 11.2. The second-order valence-corrected chi connectivity index (χ2v) is 5.88. The summed E-state index contributed by atoms with van der Waals surface area (Å²) in [6.07, 6.45) is 2.94. The number of pyridine rings is 1. The largest absolute Gasteiger partial charge is 0.206 e. The van der Waals surface area contributed by atoms with E-state index in [1.54, 1.807) is 4.52 Å². The molecule has 3 aromatic rings. The Morgan fingerprint density at radius 3 is 2.65 bits per heavy atom. The van der Waals surface area contributed by atoms with Crippen LogP contribution in [0.5, 0.6) is 0 Å². The predicted molar refractivity (Wildman–Crippen MR) is 91.5 cm³/mol. The zero-order valence-electron chi connectivity index (χ0n) is 13.2. The molecule has 116 valence electrons. The van der Waals surface area contributed by atoms with Crippen molar-refractivity contribution >= 4 is 17.2 Å². The van der Waals surface area contributed by atoms with E-state index >= 15 is 0 Å². The SMILES string of the molecule is CCCCc1c(C)c(C#N)c2nc(-c3ccccc3)nn2c1Cl. The third kappa shape index (κ3) is 2.69. The summed E-state index contributed by atoms with van der Waals surface area (Å²) in [6, 6.07) is 12.0. The van der Waals surface area contributed by atoms with Crippen LogP contribution in [0.3, 0.4) is 0 Å². The summed E-state index contributed by atoms with van der Waals surface area (Å²) in [5, 5.41) is 14.6. The first-order valence-corrected chi connectivity index (χ1v) is 8.08. The van der Waals surface area contributed by atoms with E-state index in [4.69, 9.17) is 11.6 Å². The van der Waals surface area contributed by atoms with E-state index in [0.29, 0.717) is 22.2 Å². The second kappa shape index (κ2) is 6.39. The molecule has 0 amide bonds. The van der Waals surface area contributed by atoms with Crippen LogP contribution in [0.25, 0.3) is 17.0 Å². The maximum atomic E-state index is 9.56. The van der Waals surface area contributed by atoms with Crippen LogP contribution in [0.4, 0.5) is 0 Å². The maximum absolute atomic E-state index is 9.56. The molecule has 0 saturated carbocycles. The summed E-state index contributed by atoms with van der Waals surface area (Å²) in [5.74, 6) is 0.580. The van der Waals surface area contributed by atoms with Crippen molar-refractivity contribution in [1.82, 2.24) is 14.6 Å². The number of benzene rings is 1. The van der Waals surface area contributed by atoms with Crippen LogP contribution >= 0.6 is 11.6 Å². The van der Waals surface area contributed by atoms with Gasteiger partial charge in [-0.25, -0.2) is 9.50 Å². The average Bonchev–Trinajstić information content (AvgIpc) is 3.01. The Morgan fingerprint density at radius 2 is 2.00 bits per heavy atom. The van der Waals surface area contributed by atoms with Gasteiger partial charge in [-0.2, -0.15) is 5.26 Å². The van der Waals surface area contributed by atoms with Crippen molar-refractivity contribution < 1.29 is 0 Å². The Morgan fingerprint density at radius 1 is 1.26 bits per heavy atom. The summed E-state index contributed by atoms with van der Waals surface area (Å²) in [5.41, 5.74) is 3.88. The van der Waals surface area contributed by atoms with Gasteiger partial charge in [-0.1, -0.05) is 55.3 Å². The van der Waals surface area contributed by atoms with E-state index in [9.17, 15) is 5.26 Å². The molecule has 1 aromatic carbocycles. The second-order valence-electron chi connectivity index (χ2n) is 5.52. The van der Waals surface area contributed by atoms with E-state index in [-0.39, 0.29) is 0 Å². The van der Waals surface area contributed by atoms with Gasteiger partial charge in [-0.15, -0.1) is 5.10 Å². The first kappa shape index (κ1) is 15.5. The van der Waals surface area contributed by atoms with Crippen LogP contribution in [-0.2, 0) is 6.42 Å². The van der Waals surface area contributed by atoms with Gasteiger partial charge in [0.25, 0.3) is 0 Å². The lowest BCUT2D eigenvalue weighted by Gasteiger charge is -2.11. The van der Waals surface area contributed by atoms with Crippen molar-refractivity contribution in [2.45, 2.75) is 33.1 Å². The monoisotopic (exact) mass is 324 g/mol. The number of nitriles is 1. The Balaban J connectivity index is 2.25. The number of nitrogens with zero attached hydrogens (tertiary/aromatic N) is 4. The minimum Gasteiger partial charge on any atom is -0.206 e. The summed E-state index contributed by atoms with van der Waals surface area (Å²) < 4.78 is 1.60. The Kier molecular flexibility index (Phi) is 4.31. The van der Waals surface area contributed by atoms with Crippen LogP contribution in [0.2, 0.25) is 5.15 Å². The van der Waals surface area contributed by atoms with Crippen LogP contribution in [0.15, 0.2) is 30.3 Å². The summed E-state index contributed by atoms with van der Waals surface area (Å²) >= 11 is 6.56.